The molecule has 1 N–H and O–H groups in total. The number of aromatic nitrogens is 3. The first-order valence-electron chi connectivity index (χ1n) is 8.30. The summed E-state index contributed by atoms with van der Waals surface area (Å²) in [6.07, 6.45) is 3.43. The lowest BCUT2D eigenvalue weighted by atomic mass is 10.1. The molecule has 7 heteroatoms. The van der Waals surface area contributed by atoms with Gasteiger partial charge in [0.1, 0.15) is 10.8 Å². The number of rotatable bonds is 4. The fraction of sp³-hybridized carbons (Fsp3) is 0.100. The lowest BCUT2D eigenvalue weighted by molar-refractivity contribution is 0.0952. The molecule has 0 aliphatic carbocycles. The van der Waals surface area contributed by atoms with Gasteiger partial charge in [-0.3, -0.25) is 14.8 Å². The Morgan fingerprint density at radius 3 is 2.78 bits per heavy atom. The lowest BCUT2D eigenvalue weighted by Crippen LogP contribution is -2.23. The molecule has 0 saturated heterocycles. The Morgan fingerprint density at radius 1 is 1.15 bits per heavy atom. The minimum absolute atomic E-state index is 0.283. The van der Waals surface area contributed by atoms with Crippen molar-refractivity contribution >= 4 is 28.1 Å². The highest BCUT2D eigenvalue weighted by atomic mass is 32.1. The first kappa shape index (κ1) is 17.2. The van der Waals surface area contributed by atoms with Gasteiger partial charge in [0, 0.05) is 34.4 Å². The molecule has 0 aliphatic rings. The van der Waals surface area contributed by atoms with Gasteiger partial charge in [-0.15, -0.1) is 11.3 Å². The number of amides is 1. The number of nitrogens with one attached hydrogen (secondary N) is 1. The van der Waals surface area contributed by atoms with E-state index in [1.54, 1.807) is 31.5 Å². The molecule has 0 spiro atoms. The largest absolute Gasteiger partial charge is 0.346 e. The van der Waals surface area contributed by atoms with E-state index in [1.807, 2.05) is 17.5 Å². The number of benzene rings is 1. The van der Waals surface area contributed by atoms with E-state index in [1.165, 1.54) is 23.5 Å². The maximum atomic E-state index is 13.6. The van der Waals surface area contributed by atoms with Crippen molar-refractivity contribution < 1.29 is 9.18 Å². The van der Waals surface area contributed by atoms with Gasteiger partial charge in [-0.05, 0) is 43.3 Å². The zero-order valence-electron chi connectivity index (χ0n) is 14.4. The smallest absolute Gasteiger partial charge is 0.252 e. The molecule has 1 aromatic carbocycles. The average Bonchev–Trinajstić information content (AvgIpc) is 3.15. The third kappa shape index (κ3) is 3.68. The zero-order chi connectivity index (χ0) is 18.8. The van der Waals surface area contributed by atoms with Crippen LogP contribution in [0.1, 0.15) is 21.7 Å². The van der Waals surface area contributed by atoms with Crippen molar-refractivity contribution in [1.82, 2.24) is 20.3 Å². The third-order valence-corrected chi connectivity index (χ3v) is 4.99. The standard InChI is InChI=1S/C20H15FN4OS/c1-12-8-17(16-9-14(21)2-3-18(16)24-12)19(26)23-10-15-11-27-20(25-15)13-4-6-22-7-5-13/h2-9,11H,10H2,1H3,(H,23,26). The molecule has 3 aromatic heterocycles. The van der Waals surface area contributed by atoms with E-state index in [2.05, 4.69) is 20.3 Å². The van der Waals surface area contributed by atoms with Crippen LogP contribution in [0.2, 0.25) is 0 Å². The molecule has 0 fully saturated rings. The van der Waals surface area contributed by atoms with Crippen LogP contribution in [0.3, 0.4) is 0 Å². The Balaban J connectivity index is 1.54. The molecule has 5 nitrogen and oxygen atoms in total. The van der Waals surface area contributed by atoms with Gasteiger partial charge in [0.15, 0.2) is 0 Å². The minimum atomic E-state index is -0.399. The van der Waals surface area contributed by atoms with Crippen LogP contribution in [-0.2, 0) is 6.54 Å². The van der Waals surface area contributed by atoms with Crippen molar-refractivity contribution in [2.24, 2.45) is 0 Å². The number of pyridine rings is 2. The van der Waals surface area contributed by atoms with Crippen LogP contribution in [0.4, 0.5) is 4.39 Å². The van der Waals surface area contributed by atoms with Crippen LogP contribution in [0, 0.1) is 12.7 Å². The van der Waals surface area contributed by atoms with Gasteiger partial charge in [0.2, 0.25) is 0 Å². The summed E-state index contributed by atoms with van der Waals surface area (Å²) in [5, 5.41) is 6.13. The van der Waals surface area contributed by atoms with Gasteiger partial charge in [0.25, 0.3) is 5.91 Å². The molecule has 1 amide bonds. The molecule has 0 aliphatic heterocycles. The molecular weight excluding hydrogens is 363 g/mol. The van der Waals surface area contributed by atoms with Gasteiger partial charge >= 0.3 is 0 Å². The van der Waals surface area contributed by atoms with E-state index in [-0.39, 0.29) is 5.91 Å². The van der Waals surface area contributed by atoms with Gasteiger partial charge in [0.05, 0.1) is 23.3 Å². The maximum Gasteiger partial charge on any atom is 0.252 e. The lowest BCUT2D eigenvalue weighted by Gasteiger charge is -2.08. The monoisotopic (exact) mass is 378 g/mol. The van der Waals surface area contributed by atoms with Crippen LogP contribution < -0.4 is 5.32 Å². The molecule has 4 aromatic rings. The maximum absolute atomic E-state index is 13.6. The third-order valence-electron chi connectivity index (χ3n) is 4.05. The number of aryl methyl sites for hydroxylation is 1. The molecule has 3 heterocycles. The van der Waals surface area contributed by atoms with Crippen molar-refractivity contribution in [3.05, 3.63) is 76.9 Å². The second-order valence-corrected chi connectivity index (χ2v) is 6.89. The van der Waals surface area contributed by atoms with E-state index in [4.69, 9.17) is 0 Å². The first-order chi connectivity index (χ1) is 13.1. The van der Waals surface area contributed by atoms with E-state index >= 15 is 0 Å². The minimum Gasteiger partial charge on any atom is -0.346 e. The number of carbonyl (C=O) groups excluding carboxylic acids is 1. The fourth-order valence-electron chi connectivity index (χ4n) is 2.80. The second kappa shape index (κ2) is 7.20. The highest BCUT2D eigenvalue weighted by Crippen LogP contribution is 2.23. The van der Waals surface area contributed by atoms with Crippen molar-refractivity contribution in [2.75, 3.05) is 0 Å². The number of halogens is 1. The topological polar surface area (TPSA) is 67.8 Å². The summed E-state index contributed by atoms with van der Waals surface area (Å²) in [7, 11) is 0. The molecule has 27 heavy (non-hydrogen) atoms. The fourth-order valence-corrected chi connectivity index (χ4v) is 3.63. The summed E-state index contributed by atoms with van der Waals surface area (Å²) in [5.74, 6) is -0.682. The highest BCUT2D eigenvalue weighted by molar-refractivity contribution is 7.13. The molecule has 0 saturated carbocycles. The van der Waals surface area contributed by atoms with E-state index in [0.29, 0.717) is 28.7 Å². The van der Waals surface area contributed by atoms with Gasteiger partial charge in [-0.2, -0.15) is 0 Å². The van der Waals surface area contributed by atoms with Crippen molar-refractivity contribution in [3.63, 3.8) is 0 Å². The summed E-state index contributed by atoms with van der Waals surface area (Å²) < 4.78 is 13.6. The molecule has 0 bridgehead atoms. The van der Waals surface area contributed by atoms with E-state index in [0.717, 1.165) is 16.3 Å². The van der Waals surface area contributed by atoms with Crippen molar-refractivity contribution in [3.8, 4) is 10.6 Å². The number of thiazole rings is 1. The predicted octanol–water partition coefficient (Wildman–Crippen LogP) is 4.13. The zero-order valence-corrected chi connectivity index (χ0v) is 15.3. The number of nitrogens with zero attached hydrogens (tertiary/aromatic N) is 3. The van der Waals surface area contributed by atoms with Gasteiger partial charge in [-0.25, -0.2) is 9.37 Å². The Bertz CT molecular complexity index is 1130. The highest BCUT2D eigenvalue weighted by Gasteiger charge is 2.13. The predicted molar refractivity (Wildman–Crippen MR) is 103 cm³/mol. The Labute approximate surface area is 158 Å². The number of hydrogen-bond donors (Lipinski definition) is 1. The Hall–Kier alpha value is -3.19. The normalized spacial score (nSPS) is 10.9. The Morgan fingerprint density at radius 2 is 1.96 bits per heavy atom. The van der Waals surface area contributed by atoms with Crippen LogP contribution >= 0.6 is 11.3 Å². The van der Waals surface area contributed by atoms with Crippen molar-refractivity contribution in [1.29, 1.82) is 0 Å². The van der Waals surface area contributed by atoms with Crippen LogP contribution in [0.5, 0.6) is 0 Å². The summed E-state index contributed by atoms with van der Waals surface area (Å²) in [6, 6.07) is 9.70. The molecule has 4 rings (SSSR count). The molecule has 134 valence electrons. The first-order valence-corrected chi connectivity index (χ1v) is 9.18. The summed E-state index contributed by atoms with van der Waals surface area (Å²) in [4.78, 5) is 25.6. The SMILES string of the molecule is Cc1cc(C(=O)NCc2csc(-c3ccncc3)n2)c2cc(F)ccc2n1. The summed E-state index contributed by atoms with van der Waals surface area (Å²) >= 11 is 1.51. The molecule has 0 radical (unpaired) electrons. The van der Waals surface area contributed by atoms with Crippen LogP contribution in [0.25, 0.3) is 21.5 Å². The average molecular weight is 378 g/mol. The van der Waals surface area contributed by atoms with Gasteiger partial charge < -0.3 is 5.32 Å². The van der Waals surface area contributed by atoms with Crippen LogP contribution in [-0.4, -0.2) is 20.9 Å². The summed E-state index contributed by atoms with van der Waals surface area (Å²) in [6.45, 7) is 2.10. The Kier molecular flexibility index (Phi) is 4.60. The molecule has 0 unspecified atom stereocenters. The second-order valence-electron chi connectivity index (χ2n) is 6.04. The molecular formula is C20H15FN4OS. The van der Waals surface area contributed by atoms with E-state index in [9.17, 15) is 9.18 Å². The molecule has 0 atom stereocenters. The number of fused-ring (bicyclic) bond motifs is 1. The van der Waals surface area contributed by atoms with Crippen LogP contribution in [0.15, 0.2) is 54.2 Å². The van der Waals surface area contributed by atoms with Gasteiger partial charge in [-0.1, -0.05) is 0 Å². The summed E-state index contributed by atoms with van der Waals surface area (Å²) in [5.41, 5.74) is 3.45. The number of hydrogen-bond acceptors (Lipinski definition) is 5. The van der Waals surface area contributed by atoms with E-state index < -0.39 is 5.82 Å². The van der Waals surface area contributed by atoms with Crippen molar-refractivity contribution in [2.45, 2.75) is 13.5 Å². The number of carbonyl (C=O) groups is 1. The quantitative estimate of drug-likeness (QED) is 0.580.